The minimum absolute atomic E-state index is 0.189. The average Bonchev–Trinajstić information content (AvgIpc) is 2.28. The normalized spacial score (nSPS) is 34.1. The fourth-order valence-corrected chi connectivity index (χ4v) is 3.82. The lowest BCUT2D eigenvalue weighted by atomic mass is 9.81. The first-order valence-electron chi connectivity index (χ1n) is 6.31. The number of rotatable bonds is 4. The van der Waals surface area contributed by atoms with E-state index in [0.29, 0.717) is 5.25 Å². The van der Waals surface area contributed by atoms with Crippen LogP contribution in [-0.2, 0) is 0 Å². The number of hydrogen-bond acceptors (Lipinski definition) is 3. The minimum atomic E-state index is -0.286. The van der Waals surface area contributed by atoms with E-state index in [-0.39, 0.29) is 17.3 Å². The summed E-state index contributed by atoms with van der Waals surface area (Å²) in [6.45, 7) is 6.12. The van der Waals surface area contributed by atoms with Crippen LogP contribution in [0.5, 0.6) is 0 Å². The Hall–Kier alpha value is -0.200. The van der Waals surface area contributed by atoms with Crippen molar-refractivity contribution < 1.29 is 5.11 Å². The summed E-state index contributed by atoms with van der Waals surface area (Å²) in [5.74, 6) is 0.970. The molecule has 92 valence electrons. The molecule has 0 spiro atoms. The zero-order valence-electron chi connectivity index (χ0n) is 10.5. The van der Waals surface area contributed by atoms with E-state index in [2.05, 4.69) is 19.9 Å². The fourth-order valence-electron chi connectivity index (χ4n) is 2.27. The Labute approximate surface area is 103 Å². The van der Waals surface area contributed by atoms with E-state index in [1.165, 1.54) is 12.8 Å². The van der Waals surface area contributed by atoms with Gasteiger partial charge in [-0.3, -0.25) is 0 Å². The van der Waals surface area contributed by atoms with Gasteiger partial charge in [0.15, 0.2) is 0 Å². The van der Waals surface area contributed by atoms with Gasteiger partial charge in [-0.05, 0) is 32.1 Å². The molecule has 0 heterocycles. The summed E-state index contributed by atoms with van der Waals surface area (Å²) in [5, 5.41) is 19.3. The predicted molar refractivity (Wildman–Crippen MR) is 69.3 cm³/mol. The Bertz CT molecular complexity index is 249. The first-order valence-corrected chi connectivity index (χ1v) is 7.25. The summed E-state index contributed by atoms with van der Waals surface area (Å²) in [7, 11) is 0. The van der Waals surface area contributed by atoms with E-state index in [4.69, 9.17) is 5.26 Å². The Morgan fingerprint density at radius 2 is 2.12 bits per heavy atom. The van der Waals surface area contributed by atoms with Crippen molar-refractivity contribution in [3.8, 4) is 6.07 Å². The van der Waals surface area contributed by atoms with Gasteiger partial charge >= 0.3 is 0 Å². The molecule has 1 aliphatic carbocycles. The zero-order chi connectivity index (χ0) is 12.1. The predicted octanol–water partition coefficient (Wildman–Crippen LogP) is 3.21. The molecule has 0 radical (unpaired) electrons. The van der Waals surface area contributed by atoms with Crippen LogP contribution in [-0.4, -0.2) is 21.7 Å². The van der Waals surface area contributed by atoms with E-state index in [1.54, 1.807) is 0 Å². The molecule has 16 heavy (non-hydrogen) atoms. The van der Waals surface area contributed by atoms with Crippen molar-refractivity contribution in [3.05, 3.63) is 0 Å². The third-order valence-electron chi connectivity index (χ3n) is 3.71. The molecule has 0 saturated heterocycles. The van der Waals surface area contributed by atoms with Gasteiger partial charge in [0.1, 0.15) is 0 Å². The number of thioether (sulfide) groups is 1. The van der Waals surface area contributed by atoms with Crippen molar-refractivity contribution in [2.45, 2.75) is 63.1 Å². The smallest absolute Gasteiger partial charge is 0.0667 e. The summed E-state index contributed by atoms with van der Waals surface area (Å²) in [6, 6.07) is 2.44. The van der Waals surface area contributed by atoms with Crippen molar-refractivity contribution in [1.82, 2.24) is 0 Å². The van der Waals surface area contributed by atoms with Gasteiger partial charge in [0.25, 0.3) is 0 Å². The molecule has 1 aliphatic rings. The molecule has 1 saturated carbocycles. The highest BCUT2D eigenvalue weighted by atomic mass is 32.2. The van der Waals surface area contributed by atoms with Gasteiger partial charge in [0.2, 0.25) is 0 Å². The van der Waals surface area contributed by atoms with E-state index in [1.807, 2.05) is 18.7 Å². The molecule has 0 aromatic heterocycles. The molecule has 0 aliphatic heterocycles. The van der Waals surface area contributed by atoms with Gasteiger partial charge in [-0.1, -0.05) is 20.3 Å². The van der Waals surface area contributed by atoms with Gasteiger partial charge in [-0.15, -0.1) is 0 Å². The molecular formula is C13H23NOS. The number of aliphatic hydroxyl groups is 1. The van der Waals surface area contributed by atoms with Crippen LogP contribution in [0.25, 0.3) is 0 Å². The first-order chi connectivity index (χ1) is 7.58. The maximum Gasteiger partial charge on any atom is 0.0667 e. The summed E-state index contributed by atoms with van der Waals surface area (Å²) < 4.78 is 0. The second-order valence-electron chi connectivity index (χ2n) is 4.94. The number of nitrogens with zero attached hydrogens (tertiary/aromatic N) is 1. The molecule has 1 N–H and O–H groups in total. The molecule has 0 bridgehead atoms. The Morgan fingerprint density at radius 3 is 2.62 bits per heavy atom. The third-order valence-corrected chi connectivity index (χ3v) is 5.41. The van der Waals surface area contributed by atoms with Crippen LogP contribution in [0.4, 0.5) is 0 Å². The van der Waals surface area contributed by atoms with Crippen molar-refractivity contribution in [3.63, 3.8) is 0 Å². The molecule has 2 nitrogen and oxygen atoms in total. The number of hydrogen-bond donors (Lipinski definition) is 1. The van der Waals surface area contributed by atoms with Crippen LogP contribution in [0.3, 0.4) is 0 Å². The minimum Gasteiger partial charge on any atom is -0.392 e. The van der Waals surface area contributed by atoms with Crippen LogP contribution in [0, 0.1) is 23.2 Å². The van der Waals surface area contributed by atoms with Crippen LogP contribution in [0.2, 0.25) is 0 Å². The second kappa shape index (κ2) is 6.51. The lowest BCUT2D eigenvalue weighted by molar-refractivity contribution is 0.195. The van der Waals surface area contributed by atoms with E-state index in [9.17, 15) is 5.11 Å². The first kappa shape index (κ1) is 13.9. The topological polar surface area (TPSA) is 44.0 Å². The standard InChI is InChI=1S/C13H23NOS/c1-4-11-5-6-12(8-14)13(7-11)16-10(3)9(2)15/h9-13,15H,4-7H2,1-3H3. The quantitative estimate of drug-likeness (QED) is 0.822. The molecule has 3 heteroatoms. The highest BCUT2D eigenvalue weighted by Gasteiger charge is 2.31. The molecule has 0 aromatic carbocycles. The van der Waals surface area contributed by atoms with Gasteiger partial charge in [0, 0.05) is 10.5 Å². The van der Waals surface area contributed by atoms with Gasteiger partial charge in [0.05, 0.1) is 18.1 Å². The SMILES string of the molecule is CCC1CCC(C#N)C(SC(C)C(C)O)C1. The monoisotopic (exact) mass is 241 g/mol. The lowest BCUT2D eigenvalue weighted by Gasteiger charge is -2.34. The second-order valence-corrected chi connectivity index (χ2v) is 6.56. The molecule has 0 amide bonds. The van der Waals surface area contributed by atoms with Crippen LogP contribution < -0.4 is 0 Å². The molecule has 1 fully saturated rings. The van der Waals surface area contributed by atoms with Crippen molar-refractivity contribution in [2.75, 3.05) is 0 Å². The van der Waals surface area contributed by atoms with E-state index in [0.717, 1.165) is 18.8 Å². The van der Waals surface area contributed by atoms with Gasteiger partial charge in [-0.2, -0.15) is 17.0 Å². The molecule has 5 atom stereocenters. The molecular weight excluding hydrogens is 218 g/mol. The third kappa shape index (κ3) is 3.68. The number of nitriles is 1. The molecule has 5 unspecified atom stereocenters. The Kier molecular flexibility index (Phi) is 5.64. The highest BCUT2D eigenvalue weighted by Crippen LogP contribution is 2.39. The average molecular weight is 241 g/mol. The summed E-state index contributed by atoms with van der Waals surface area (Å²) in [5.41, 5.74) is 0. The van der Waals surface area contributed by atoms with Crippen LogP contribution in [0.15, 0.2) is 0 Å². The Balaban J connectivity index is 2.55. The van der Waals surface area contributed by atoms with Crippen LogP contribution in [0.1, 0.15) is 46.5 Å². The maximum atomic E-state index is 9.53. The Morgan fingerprint density at radius 1 is 1.44 bits per heavy atom. The van der Waals surface area contributed by atoms with E-state index >= 15 is 0 Å². The maximum absolute atomic E-state index is 9.53. The lowest BCUT2D eigenvalue weighted by Crippen LogP contribution is -2.29. The molecule has 1 rings (SSSR count). The zero-order valence-corrected chi connectivity index (χ0v) is 11.3. The van der Waals surface area contributed by atoms with Crippen molar-refractivity contribution in [1.29, 1.82) is 5.26 Å². The molecule has 0 aromatic rings. The summed E-state index contributed by atoms with van der Waals surface area (Å²) >= 11 is 1.81. The van der Waals surface area contributed by atoms with Gasteiger partial charge < -0.3 is 5.11 Å². The summed E-state index contributed by atoms with van der Waals surface area (Å²) in [6.07, 6.45) is 4.33. The number of aliphatic hydroxyl groups excluding tert-OH is 1. The van der Waals surface area contributed by atoms with Crippen molar-refractivity contribution >= 4 is 11.8 Å². The largest absolute Gasteiger partial charge is 0.392 e. The summed E-state index contributed by atoms with van der Waals surface area (Å²) in [4.78, 5) is 0. The highest BCUT2D eigenvalue weighted by molar-refractivity contribution is 8.00. The van der Waals surface area contributed by atoms with Crippen molar-refractivity contribution in [2.24, 2.45) is 11.8 Å². The van der Waals surface area contributed by atoms with Gasteiger partial charge in [-0.25, -0.2) is 0 Å². The van der Waals surface area contributed by atoms with Crippen LogP contribution >= 0.6 is 11.8 Å². The fraction of sp³-hybridized carbons (Fsp3) is 0.923. The van der Waals surface area contributed by atoms with E-state index < -0.39 is 0 Å².